The number of alkyl halides is 1. The summed E-state index contributed by atoms with van der Waals surface area (Å²) >= 11 is 12.3. The van der Waals surface area contributed by atoms with Crippen LogP contribution in [0, 0.1) is 46.3 Å². The van der Waals surface area contributed by atoms with E-state index < -0.39 is 11.4 Å². The van der Waals surface area contributed by atoms with E-state index in [1.807, 2.05) is 12.1 Å². The fourth-order valence-corrected chi connectivity index (χ4v) is 11.0. The van der Waals surface area contributed by atoms with E-state index in [9.17, 15) is 19.8 Å². The molecule has 6 rings (SSSR count). The first-order valence-corrected chi connectivity index (χ1v) is 16.6. The zero-order chi connectivity index (χ0) is 29.3. The number of nitrogens with zero attached hydrogens (tertiary/aromatic N) is 1. The van der Waals surface area contributed by atoms with Gasteiger partial charge in [0.05, 0.1) is 12.2 Å². The van der Waals surface area contributed by atoms with Crippen molar-refractivity contribution in [2.75, 3.05) is 0 Å². The number of β-lactam (4-membered cyclic amide) rings is 1. The van der Waals surface area contributed by atoms with Crippen LogP contribution in [0.1, 0.15) is 96.6 Å². The fraction of sp³-hybridized carbons (Fsp3) is 0.758. The molecule has 0 spiro atoms. The molecule has 41 heavy (non-hydrogen) atoms. The highest BCUT2D eigenvalue weighted by Crippen LogP contribution is 2.68. The van der Waals surface area contributed by atoms with E-state index in [0.29, 0.717) is 47.0 Å². The van der Waals surface area contributed by atoms with Crippen molar-refractivity contribution in [2.45, 2.75) is 109 Å². The molecule has 5 aliphatic rings. The number of rotatable bonds is 6. The first-order chi connectivity index (χ1) is 19.4. The van der Waals surface area contributed by atoms with Crippen LogP contribution in [0.5, 0.6) is 0 Å². The lowest BCUT2D eigenvalue weighted by molar-refractivity contribution is -0.175. The molecule has 12 atom stereocenters. The summed E-state index contributed by atoms with van der Waals surface area (Å²) < 4.78 is 0. The Bertz CT molecular complexity index is 1160. The molecule has 226 valence electrons. The summed E-state index contributed by atoms with van der Waals surface area (Å²) in [5, 5.41) is 23.4. The van der Waals surface area contributed by atoms with Gasteiger partial charge in [0, 0.05) is 11.4 Å². The number of hydrogen-bond donors (Lipinski definition) is 3. The average Bonchev–Trinajstić information content (AvgIpc) is 3.32. The Hall–Kier alpha value is -1.34. The van der Waals surface area contributed by atoms with Gasteiger partial charge in [0.2, 0.25) is 5.91 Å². The summed E-state index contributed by atoms with van der Waals surface area (Å²) in [4.78, 5) is 25.5. The van der Waals surface area contributed by atoms with Crippen LogP contribution in [0.25, 0.3) is 0 Å². The zero-order valence-electron chi connectivity index (χ0n) is 24.6. The van der Waals surface area contributed by atoms with Crippen molar-refractivity contribution < 1.29 is 19.8 Å². The summed E-state index contributed by atoms with van der Waals surface area (Å²) in [6.07, 6.45) is 8.99. The summed E-state index contributed by atoms with van der Waals surface area (Å²) in [5.74, 6) is 2.46. The lowest BCUT2D eigenvalue weighted by Crippen LogP contribution is -2.63. The second-order valence-corrected chi connectivity index (χ2v) is 15.5. The maximum absolute atomic E-state index is 13.0. The normalized spacial score (nSPS) is 44.3. The van der Waals surface area contributed by atoms with Crippen molar-refractivity contribution in [3.63, 3.8) is 0 Å². The highest BCUT2D eigenvalue weighted by Gasteiger charge is 2.63. The Morgan fingerprint density at radius 2 is 1.80 bits per heavy atom. The number of hydrazine groups is 1. The third-order valence-corrected chi connectivity index (χ3v) is 13.5. The van der Waals surface area contributed by atoms with Gasteiger partial charge in [0.15, 0.2) is 0 Å². The Morgan fingerprint density at radius 3 is 2.54 bits per heavy atom. The number of aliphatic hydroxyl groups is 2. The maximum atomic E-state index is 13.0. The van der Waals surface area contributed by atoms with E-state index in [1.165, 1.54) is 17.9 Å². The molecule has 5 fully saturated rings. The molecule has 6 nitrogen and oxygen atoms in total. The van der Waals surface area contributed by atoms with Crippen molar-refractivity contribution in [1.82, 2.24) is 10.4 Å². The van der Waals surface area contributed by atoms with Crippen LogP contribution in [-0.4, -0.2) is 44.6 Å². The van der Waals surface area contributed by atoms with Crippen LogP contribution in [-0.2, 0) is 9.59 Å². The number of amides is 2. The summed E-state index contributed by atoms with van der Waals surface area (Å²) in [5.41, 5.74) is 3.75. The number of halogens is 2. The Kier molecular flexibility index (Phi) is 7.96. The number of carbonyl (C=O) groups is 2. The smallest absolute Gasteiger partial charge is 0.262 e. The molecule has 0 bridgehead atoms. The van der Waals surface area contributed by atoms with Gasteiger partial charge in [-0.1, -0.05) is 44.5 Å². The first kappa shape index (κ1) is 29.7. The van der Waals surface area contributed by atoms with Crippen LogP contribution in [0.2, 0.25) is 5.02 Å². The number of benzene rings is 1. The maximum Gasteiger partial charge on any atom is 0.262 e. The number of carbonyl (C=O) groups excluding carboxylic acids is 2. The van der Waals surface area contributed by atoms with Gasteiger partial charge in [-0.15, -0.1) is 11.6 Å². The number of hydrogen-bond acceptors (Lipinski definition) is 4. The number of fused-ring (bicyclic) bond motifs is 5. The molecule has 0 unspecified atom stereocenters. The van der Waals surface area contributed by atoms with Crippen molar-refractivity contribution >= 4 is 35.0 Å². The van der Waals surface area contributed by atoms with Crippen molar-refractivity contribution in [2.24, 2.45) is 46.3 Å². The van der Waals surface area contributed by atoms with Gasteiger partial charge in [-0.25, -0.2) is 5.01 Å². The minimum Gasteiger partial charge on any atom is -0.393 e. The number of nitrogens with one attached hydrogen (secondary N) is 1. The predicted octanol–water partition coefficient (Wildman–Crippen LogP) is 6.27. The van der Waals surface area contributed by atoms with E-state index in [-0.39, 0.29) is 34.9 Å². The second kappa shape index (κ2) is 11.0. The van der Waals surface area contributed by atoms with Crippen molar-refractivity contribution in [1.29, 1.82) is 0 Å². The average molecular weight is 606 g/mol. The number of aliphatic hydroxyl groups excluding tert-OH is 2. The van der Waals surface area contributed by atoms with Crippen LogP contribution >= 0.6 is 23.2 Å². The zero-order valence-corrected chi connectivity index (χ0v) is 26.1. The lowest BCUT2D eigenvalue weighted by atomic mass is 9.43. The van der Waals surface area contributed by atoms with Crippen LogP contribution in [0.15, 0.2) is 24.3 Å². The Labute approximate surface area is 254 Å². The topological polar surface area (TPSA) is 89.9 Å². The van der Waals surface area contributed by atoms with E-state index in [4.69, 9.17) is 23.2 Å². The molecule has 0 aromatic heterocycles. The molecular weight excluding hydrogens is 559 g/mol. The fourth-order valence-electron chi connectivity index (χ4n) is 10.5. The largest absolute Gasteiger partial charge is 0.393 e. The SMILES string of the molecule is C[C@H](CCC(=O)NN1C(=O)[C@H](Cl)[C@H]1c1ccc(Cl)cc1)[C@H]1CC[C@H]2[C@@H]3CC[C@@H]4C[C@H](O)CC[C@]4(C)[C@H]3C[C@H](O)[C@]12C. The van der Waals surface area contributed by atoms with E-state index in [2.05, 4.69) is 26.2 Å². The van der Waals surface area contributed by atoms with Gasteiger partial charge in [0.1, 0.15) is 11.4 Å². The van der Waals surface area contributed by atoms with Gasteiger partial charge in [0.25, 0.3) is 5.91 Å². The predicted molar refractivity (Wildman–Crippen MR) is 160 cm³/mol. The molecule has 2 amide bonds. The molecule has 4 aliphatic carbocycles. The monoisotopic (exact) mass is 604 g/mol. The summed E-state index contributed by atoms with van der Waals surface area (Å²) in [6.45, 7) is 7.03. The quantitative estimate of drug-likeness (QED) is 0.264. The highest BCUT2D eigenvalue weighted by molar-refractivity contribution is 6.33. The molecule has 1 aromatic rings. The van der Waals surface area contributed by atoms with E-state index >= 15 is 0 Å². The third-order valence-electron chi connectivity index (χ3n) is 12.8. The summed E-state index contributed by atoms with van der Waals surface area (Å²) in [6, 6.07) is 6.77. The highest BCUT2D eigenvalue weighted by atomic mass is 35.5. The molecule has 8 heteroatoms. The molecular formula is C33H46Cl2N2O4. The standard InChI is InChI=1S/C33H46Cl2N2O4/c1-18(4-13-28(40)36-37-30(29(35)31(37)41)19-5-8-21(34)9-6-19)24-11-12-25-23-10-7-20-16-22(38)14-15-32(20,2)26(23)17-27(39)33(24,25)3/h5-6,8-9,18,20,22-27,29-30,38-39H,4,7,10-17H2,1-3H3,(H,36,40)/t18-,20-,22-,23+,24-,25+,26+,27+,29-,30-,32+,33-/m1/s1. The van der Waals surface area contributed by atoms with Gasteiger partial charge >= 0.3 is 0 Å². The van der Waals surface area contributed by atoms with Crippen LogP contribution in [0.3, 0.4) is 0 Å². The van der Waals surface area contributed by atoms with Crippen molar-refractivity contribution in [3.8, 4) is 0 Å². The van der Waals surface area contributed by atoms with E-state index in [0.717, 1.165) is 50.5 Å². The molecule has 4 saturated carbocycles. The minimum atomic E-state index is -0.710. The second-order valence-electron chi connectivity index (χ2n) is 14.5. The van der Waals surface area contributed by atoms with Crippen LogP contribution in [0.4, 0.5) is 0 Å². The van der Waals surface area contributed by atoms with Gasteiger partial charge in [-0.05, 0) is 122 Å². The first-order valence-electron chi connectivity index (χ1n) is 15.8. The molecule has 1 heterocycles. The van der Waals surface area contributed by atoms with E-state index in [1.54, 1.807) is 12.1 Å². The summed E-state index contributed by atoms with van der Waals surface area (Å²) in [7, 11) is 0. The molecule has 1 aliphatic heterocycles. The Balaban J connectivity index is 1.08. The third kappa shape index (κ3) is 4.84. The molecule has 3 N–H and O–H groups in total. The van der Waals surface area contributed by atoms with Gasteiger partial charge in [-0.2, -0.15) is 0 Å². The molecule has 1 saturated heterocycles. The minimum absolute atomic E-state index is 0.132. The molecule has 0 radical (unpaired) electrons. The van der Waals surface area contributed by atoms with Gasteiger partial charge < -0.3 is 10.2 Å². The van der Waals surface area contributed by atoms with Gasteiger partial charge in [-0.3, -0.25) is 15.0 Å². The Morgan fingerprint density at radius 1 is 1.07 bits per heavy atom. The van der Waals surface area contributed by atoms with Crippen LogP contribution < -0.4 is 5.43 Å². The van der Waals surface area contributed by atoms with Crippen molar-refractivity contribution in [3.05, 3.63) is 34.9 Å². The molecule has 1 aromatic carbocycles. The lowest BCUT2D eigenvalue weighted by Gasteiger charge is -2.62.